The molecular formula is C38H24N4. The molecule has 0 saturated heterocycles. The van der Waals surface area contributed by atoms with Gasteiger partial charge in [-0.3, -0.25) is 0 Å². The summed E-state index contributed by atoms with van der Waals surface area (Å²) in [5.74, 6) is 0.722. The molecule has 3 heterocycles. The normalized spacial score (nSPS) is 12.2. The van der Waals surface area contributed by atoms with Gasteiger partial charge in [-0.15, -0.1) is 0 Å². The molecule has 0 saturated carbocycles. The van der Waals surface area contributed by atoms with Gasteiger partial charge in [-0.05, 0) is 54.6 Å². The maximum Gasteiger partial charge on any atom is 0.160 e. The molecule has 0 amide bonds. The Hall–Kier alpha value is -5.74. The highest BCUT2D eigenvalue weighted by atomic mass is 15.2. The van der Waals surface area contributed by atoms with Gasteiger partial charge in [-0.25, -0.2) is 9.97 Å². The Morgan fingerprint density at radius 1 is 0.476 bits per heavy atom. The van der Waals surface area contributed by atoms with Crippen molar-refractivity contribution < 1.29 is 0 Å². The zero-order valence-corrected chi connectivity index (χ0v) is 22.6. The van der Waals surface area contributed by atoms with Gasteiger partial charge < -0.3 is 9.47 Å². The van der Waals surface area contributed by atoms with Crippen LogP contribution in [0.3, 0.4) is 0 Å². The van der Waals surface area contributed by atoms with E-state index in [0.29, 0.717) is 0 Å². The topological polar surface area (TPSA) is 34.0 Å². The third-order valence-corrected chi connectivity index (χ3v) is 8.30. The van der Waals surface area contributed by atoms with E-state index in [1.807, 2.05) is 0 Å². The van der Waals surface area contributed by atoms with Crippen LogP contribution < -0.4 is 4.90 Å². The molecule has 0 N–H and O–H groups in total. The Balaban J connectivity index is 1.27. The first-order valence-electron chi connectivity index (χ1n) is 14.2. The number of anilines is 3. The molecule has 196 valence electrons. The molecule has 8 aromatic rings. The summed E-state index contributed by atoms with van der Waals surface area (Å²) in [4.78, 5) is 12.7. The Morgan fingerprint density at radius 3 is 1.93 bits per heavy atom. The molecule has 1 aliphatic rings. The van der Waals surface area contributed by atoms with Gasteiger partial charge in [0, 0.05) is 33.3 Å². The quantitative estimate of drug-likeness (QED) is 0.225. The number of nitrogens with zero attached hydrogens (tertiary/aromatic N) is 4. The van der Waals surface area contributed by atoms with E-state index in [0.717, 1.165) is 56.3 Å². The first-order valence-corrected chi connectivity index (χ1v) is 14.2. The minimum absolute atomic E-state index is 0.722. The van der Waals surface area contributed by atoms with E-state index in [4.69, 9.17) is 9.97 Å². The van der Waals surface area contributed by atoms with Gasteiger partial charge in [0.15, 0.2) is 5.82 Å². The fourth-order valence-corrected chi connectivity index (χ4v) is 6.51. The van der Waals surface area contributed by atoms with Crippen LogP contribution in [0.15, 0.2) is 146 Å². The summed E-state index contributed by atoms with van der Waals surface area (Å²) in [6.07, 6.45) is 0. The molecule has 0 bridgehead atoms. The largest absolute Gasteiger partial charge is 0.309 e. The van der Waals surface area contributed by atoms with Crippen LogP contribution in [0.4, 0.5) is 17.1 Å². The van der Waals surface area contributed by atoms with Crippen LogP contribution in [0, 0.1) is 0 Å². The molecule has 0 radical (unpaired) electrons. The lowest BCUT2D eigenvalue weighted by Crippen LogP contribution is -2.16. The second kappa shape index (κ2) is 8.88. The van der Waals surface area contributed by atoms with E-state index in [2.05, 4.69) is 155 Å². The number of hydrogen-bond acceptors (Lipinski definition) is 3. The highest BCUT2D eigenvalue weighted by molar-refractivity contribution is 6.12. The summed E-state index contributed by atoms with van der Waals surface area (Å²) in [7, 11) is 0. The molecule has 0 atom stereocenters. The predicted molar refractivity (Wildman–Crippen MR) is 173 cm³/mol. The molecule has 0 aliphatic carbocycles. The van der Waals surface area contributed by atoms with Crippen molar-refractivity contribution in [3.63, 3.8) is 0 Å². The van der Waals surface area contributed by atoms with Gasteiger partial charge in [0.2, 0.25) is 0 Å². The summed E-state index contributed by atoms with van der Waals surface area (Å²) < 4.78 is 2.34. The summed E-state index contributed by atoms with van der Waals surface area (Å²) >= 11 is 0. The van der Waals surface area contributed by atoms with Crippen molar-refractivity contribution in [2.24, 2.45) is 0 Å². The van der Waals surface area contributed by atoms with Crippen LogP contribution >= 0.6 is 0 Å². The number of hydrogen-bond donors (Lipinski definition) is 0. The molecule has 0 spiro atoms. The standard InChI is InChI=1S/C38H24N4/c1-2-13-26(14-3-1)41-34-22-9-6-18-30(34)37-36-31(19-11-23-35(36)41)39-38(40-37)25-12-10-15-27(24-25)42-32-20-7-4-16-28(32)29-17-5-8-21-33(29)42/h1-24H. The summed E-state index contributed by atoms with van der Waals surface area (Å²) in [6, 6.07) is 51.2. The number of rotatable bonds is 3. The third-order valence-electron chi connectivity index (χ3n) is 8.30. The third kappa shape index (κ3) is 3.29. The first kappa shape index (κ1) is 23.0. The van der Waals surface area contributed by atoms with Gasteiger partial charge >= 0.3 is 0 Å². The molecule has 4 heteroatoms. The Bertz CT molecular complexity index is 2260. The lowest BCUT2D eigenvalue weighted by Gasteiger charge is -2.32. The van der Waals surface area contributed by atoms with Crippen molar-refractivity contribution in [2.75, 3.05) is 4.90 Å². The van der Waals surface area contributed by atoms with E-state index in [1.54, 1.807) is 0 Å². The molecule has 0 unspecified atom stereocenters. The maximum atomic E-state index is 5.27. The van der Waals surface area contributed by atoms with Gasteiger partial charge in [0.05, 0.1) is 39.0 Å². The number of benzene rings is 6. The number of para-hydroxylation sites is 4. The summed E-state index contributed by atoms with van der Waals surface area (Å²) in [5, 5.41) is 3.57. The molecule has 9 rings (SSSR count). The van der Waals surface area contributed by atoms with Crippen LogP contribution in [0.5, 0.6) is 0 Å². The van der Waals surface area contributed by atoms with Gasteiger partial charge in [-0.1, -0.05) is 91.0 Å². The van der Waals surface area contributed by atoms with Crippen LogP contribution in [0.1, 0.15) is 0 Å². The van der Waals surface area contributed by atoms with Crippen LogP contribution in [-0.4, -0.2) is 14.5 Å². The molecule has 2 aromatic heterocycles. The van der Waals surface area contributed by atoms with E-state index < -0.39 is 0 Å². The van der Waals surface area contributed by atoms with E-state index in [-0.39, 0.29) is 0 Å². The van der Waals surface area contributed by atoms with Gasteiger partial charge in [0.25, 0.3) is 0 Å². The fourth-order valence-electron chi connectivity index (χ4n) is 6.51. The lowest BCUT2D eigenvalue weighted by molar-refractivity contribution is 1.16. The fraction of sp³-hybridized carbons (Fsp3) is 0. The highest BCUT2D eigenvalue weighted by Crippen LogP contribution is 2.50. The van der Waals surface area contributed by atoms with Crippen molar-refractivity contribution in [2.45, 2.75) is 0 Å². The smallest absolute Gasteiger partial charge is 0.160 e. The zero-order valence-electron chi connectivity index (χ0n) is 22.6. The Kier molecular flexibility index (Phi) is 4.87. The average Bonchev–Trinajstić information content (AvgIpc) is 3.40. The number of aromatic nitrogens is 3. The minimum atomic E-state index is 0.722. The van der Waals surface area contributed by atoms with Gasteiger partial charge in [0.1, 0.15) is 0 Å². The highest BCUT2D eigenvalue weighted by Gasteiger charge is 2.28. The van der Waals surface area contributed by atoms with Crippen molar-refractivity contribution in [3.05, 3.63) is 146 Å². The summed E-state index contributed by atoms with van der Waals surface area (Å²) in [6.45, 7) is 0. The molecule has 4 nitrogen and oxygen atoms in total. The van der Waals surface area contributed by atoms with Crippen molar-refractivity contribution in [3.8, 4) is 28.3 Å². The SMILES string of the molecule is c1ccc(N2c3ccccc3-c3nc(-c4cccc(-n5c6ccccc6c6ccccc65)c4)nc4cccc2c34)cc1. The van der Waals surface area contributed by atoms with Crippen molar-refractivity contribution >= 4 is 49.8 Å². The van der Waals surface area contributed by atoms with Crippen LogP contribution in [0.2, 0.25) is 0 Å². The minimum Gasteiger partial charge on any atom is -0.309 e. The van der Waals surface area contributed by atoms with Crippen molar-refractivity contribution in [1.82, 2.24) is 14.5 Å². The van der Waals surface area contributed by atoms with E-state index >= 15 is 0 Å². The zero-order chi connectivity index (χ0) is 27.6. The Labute approximate surface area is 242 Å². The first-order chi connectivity index (χ1) is 20.8. The number of fused-ring (bicyclic) bond motifs is 5. The molecule has 42 heavy (non-hydrogen) atoms. The lowest BCUT2D eigenvalue weighted by atomic mass is 9.96. The van der Waals surface area contributed by atoms with E-state index in [1.165, 1.54) is 21.8 Å². The van der Waals surface area contributed by atoms with Crippen LogP contribution in [0.25, 0.3) is 61.0 Å². The summed E-state index contributed by atoms with van der Waals surface area (Å²) in [5.41, 5.74) is 10.8. The predicted octanol–water partition coefficient (Wildman–Crippen LogP) is 9.84. The molecule has 6 aromatic carbocycles. The molecular weight excluding hydrogens is 512 g/mol. The molecule has 0 fully saturated rings. The molecule has 1 aliphatic heterocycles. The average molecular weight is 537 g/mol. The van der Waals surface area contributed by atoms with E-state index in [9.17, 15) is 0 Å². The van der Waals surface area contributed by atoms with Crippen molar-refractivity contribution in [1.29, 1.82) is 0 Å². The monoisotopic (exact) mass is 536 g/mol. The Morgan fingerprint density at radius 2 is 1.12 bits per heavy atom. The second-order valence-corrected chi connectivity index (χ2v) is 10.7. The van der Waals surface area contributed by atoms with Gasteiger partial charge in [-0.2, -0.15) is 0 Å². The second-order valence-electron chi connectivity index (χ2n) is 10.7. The maximum absolute atomic E-state index is 5.27. The van der Waals surface area contributed by atoms with Crippen LogP contribution in [-0.2, 0) is 0 Å².